The minimum atomic E-state index is -1.89. The molecule has 0 aliphatic carbocycles. The third-order valence-corrected chi connectivity index (χ3v) is 13.9. The van der Waals surface area contributed by atoms with Gasteiger partial charge in [-0.25, -0.2) is 0 Å². The minimum Gasteiger partial charge on any atom is -0.305 e. The first kappa shape index (κ1) is 33.1. The van der Waals surface area contributed by atoms with Crippen LogP contribution in [0.1, 0.15) is 25.3 Å². The zero-order chi connectivity index (χ0) is 30.1. The molecule has 223 valence electrons. The Bertz CT molecular complexity index is 1820. The van der Waals surface area contributed by atoms with E-state index in [4.69, 9.17) is 4.42 Å². The number of furan rings is 1. The van der Waals surface area contributed by atoms with Gasteiger partial charge in [-0.05, 0) is 10.9 Å². The first-order valence-electron chi connectivity index (χ1n) is 14.7. The van der Waals surface area contributed by atoms with E-state index in [1.165, 1.54) is 20.5 Å². The molecule has 0 fully saturated rings. The zero-order valence-electron chi connectivity index (χ0n) is 26.4. The molecule has 0 unspecified atom stereocenters. The summed E-state index contributed by atoms with van der Waals surface area (Å²) in [4.78, 5) is 9.11. The first-order chi connectivity index (χ1) is 19.9. The fourth-order valence-electron chi connectivity index (χ4n) is 4.89. The first-order valence-corrected chi connectivity index (χ1v) is 25.5. The predicted molar refractivity (Wildman–Crippen MR) is 184 cm³/mol. The number of hydrogen-bond donors (Lipinski definition) is 0. The van der Waals surface area contributed by atoms with E-state index >= 15 is 0 Å². The summed E-state index contributed by atoms with van der Waals surface area (Å²) in [6.07, 6.45) is 3.90. The van der Waals surface area contributed by atoms with Crippen LogP contribution in [0.3, 0.4) is 0 Å². The van der Waals surface area contributed by atoms with E-state index in [1.807, 2.05) is 42.7 Å². The largest absolute Gasteiger partial charge is 0.305 e. The summed E-state index contributed by atoms with van der Waals surface area (Å²) in [6.45, 7) is 11.4. The molecule has 0 saturated carbocycles. The number of hydrogen-bond acceptors (Lipinski definition) is 3. The van der Waals surface area contributed by atoms with Crippen molar-refractivity contribution in [2.24, 2.45) is 0 Å². The van der Waals surface area contributed by atoms with Gasteiger partial charge < -0.3 is 4.98 Å². The number of pyridine rings is 2. The van der Waals surface area contributed by atoms with Gasteiger partial charge in [0.15, 0.2) is 0 Å². The van der Waals surface area contributed by atoms with Crippen molar-refractivity contribution >= 4 is 52.9 Å². The molecule has 3 aromatic carbocycles. The van der Waals surface area contributed by atoms with Gasteiger partial charge in [0, 0.05) is 26.3 Å². The van der Waals surface area contributed by atoms with Gasteiger partial charge in [-0.3, -0.25) is 0 Å². The van der Waals surface area contributed by atoms with Crippen LogP contribution in [0.2, 0.25) is 36.9 Å². The molecule has 0 aliphatic heterocycles. The van der Waals surface area contributed by atoms with Crippen LogP contribution >= 0.6 is 0 Å². The van der Waals surface area contributed by atoms with Crippen molar-refractivity contribution in [3.05, 3.63) is 109 Å². The van der Waals surface area contributed by atoms with Gasteiger partial charge in [0.1, 0.15) is 0 Å². The molecule has 6 rings (SSSR count). The molecule has 0 amide bonds. The van der Waals surface area contributed by atoms with Gasteiger partial charge >= 0.3 is 158 Å². The number of nitrogens with zero attached hydrogens (tertiary/aromatic N) is 2. The monoisotopic (exact) mass is 823 g/mol. The Kier molecular flexibility index (Phi) is 10.3. The van der Waals surface area contributed by atoms with Crippen LogP contribution in [0.5, 0.6) is 0 Å². The third-order valence-electron chi connectivity index (χ3n) is 7.62. The van der Waals surface area contributed by atoms with E-state index in [1.54, 1.807) is 0 Å². The topological polar surface area (TPSA) is 38.9 Å². The van der Waals surface area contributed by atoms with E-state index in [9.17, 15) is 0 Å². The van der Waals surface area contributed by atoms with Crippen LogP contribution in [0.15, 0.2) is 95.7 Å². The summed E-state index contributed by atoms with van der Waals surface area (Å²) in [5.41, 5.74) is 7.06. The third kappa shape index (κ3) is 7.64. The van der Waals surface area contributed by atoms with Gasteiger partial charge in [0.05, 0.1) is 8.07 Å². The Morgan fingerprint density at radius 2 is 1.58 bits per heavy atom. The van der Waals surface area contributed by atoms with Crippen molar-refractivity contribution in [2.45, 2.75) is 56.7 Å². The van der Waals surface area contributed by atoms with Crippen LogP contribution in [0.4, 0.5) is 0 Å². The Labute approximate surface area is 273 Å². The number of rotatable bonds is 5. The van der Waals surface area contributed by atoms with Crippen molar-refractivity contribution in [3.8, 4) is 22.5 Å². The Morgan fingerprint density at radius 1 is 0.791 bits per heavy atom. The molecule has 0 N–H and O–H groups in total. The van der Waals surface area contributed by atoms with Crippen LogP contribution in [0.25, 0.3) is 44.5 Å². The molecule has 3 nitrogen and oxygen atoms in total. The molecule has 3 aromatic heterocycles. The Hall–Kier alpha value is -2.83. The molecule has 1 radical (unpaired) electrons. The fraction of sp³-hybridized carbons (Fsp3) is 0.243. The second-order valence-electron chi connectivity index (χ2n) is 13.2. The maximum atomic E-state index is 6.33. The van der Waals surface area contributed by atoms with Crippen molar-refractivity contribution in [2.75, 3.05) is 0 Å². The van der Waals surface area contributed by atoms with Gasteiger partial charge in [-0.2, -0.15) is 0 Å². The second kappa shape index (κ2) is 13.4. The molecule has 6 aromatic rings. The summed E-state index contributed by atoms with van der Waals surface area (Å²) in [5, 5.41) is 3.70. The molecule has 0 saturated heterocycles. The molecular formula is C37H40GeIrN2OSi-2. The smallest absolute Gasteiger partial charge is 0.0795 e. The van der Waals surface area contributed by atoms with E-state index in [-0.39, 0.29) is 20.1 Å². The standard InChI is InChI=1S/C23H24GeNO.C14H16NSi.Ir/c1-15(2)16-11-12-25-21(13-16)20-8-6-7-19-18-10-9-17(24(3,4)5)14-22(18)26-23(19)20;1-16(2,3)13-9-10-14(15-11-13)12-7-5-4-6-8-12;/h6-7,9-15H,1-5H3;4-7,9-11H,1-3H3;/q2*-1;. The predicted octanol–water partition coefficient (Wildman–Crippen LogP) is 9.21. The average molecular weight is 822 g/mol. The number of aromatic nitrogens is 2. The SMILES string of the molecule is CC(C)c1ccnc(-c2[c-]ccc3c2oc2c[c]([Ge]([CH3])([CH3])[CH3])ccc23)c1.C[Si](C)(C)c1ccc(-c2[c-]cccc2)nc1.[Ir]. The Balaban J connectivity index is 0.000000215. The van der Waals surface area contributed by atoms with Gasteiger partial charge in [-0.1, -0.05) is 31.8 Å². The van der Waals surface area contributed by atoms with Gasteiger partial charge in [-0.15, -0.1) is 35.9 Å². The van der Waals surface area contributed by atoms with Crippen LogP contribution in [0, 0.1) is 12.1 Å². The maximum absolute atomic E-state index is 6.33. The molecule has 3 heterocycles. The zero-order valence-corrected chi connectivity index (χ0v) is 31.9. The van der Waals surface area contributed by atoms with Crippen LogP contribution in [-0.2, 0) is 20.1 Å². The van der Waals surface area contributed by atoms with Gasteiger partial charge in [0.2, 0.25) is 0 Å². The molecule has 6 heteroatoms. The van der Waals surface area contributed by atoms with E-state index in [0.29, 0.717) is 5.92 Å². The molecule has 0 atom stereocenters. The summed E-state index contributed by atoms with van der Waals surface area (Å²) in [6, 6.07) is 33.8. The van der Waals surface area contributed by atoms with E-state index < -0.39 is 21.3 Å². The van der Waals surface area contributed by atoms with Crippen molar-refractivity contribution < 1.29 is 24.5 Å². The van der Waals surface area contributed by atoms with Crippen molar-refractivity contribution in [1.82, 2.24) is 9.97 Å². The molecule has 0 spiro atoms. The van der Waals surface area contributed by atoms with Crippen LogP contribution < -0.4 is 9.58 Å². The summed E-state index contributed by atoms with van der Waals surface area (Å²) < 4.78 is 7.79. The number of benzene rings is 3. The number of fused-ring (bicyclic) bond motifs is 3. The molecule has 0 aliphatic rings. The quantitative estimate of drug-likeness (QED) is 0.129. The summed E-state index contributed by atoms with van der Waals surface area (Å²) in [7, 11) is -1.23. The van der Waals surface area contributed by atoms with Crippen LogP contribution in [-0.4, -0.2) is 31.3 Å². The van der Waals surface area contributed by atoms with Gasteiger partial charge in [0.25, 0.3) is 0 Å². The minimum absolute atomic E-state index is 0. The average Bonchev–Trinajstić information content (AvgIpc) is 3.35. The molecular weight excluding hydrogens is 781 g/mol. The van der Waals surface area contributed by atoms with E-state index in [0.717, 1.165) is 39.1 Å². The van der Waals surface area contributed by atoms with E-state index in [2.05, 4.69) is 121 Å². The summed E-state index contributed by atoms with van der Waals surface area (Å²) >= 11 is -1.89. The fourth-order valence-corrected chi connectivity index (χ4v) is 8.33. The second-order valence-corrected chi connectivity index (χ2v) is 29.0. The van der Waals surface area contributed by atoms with Crippen molar-refractivity contribution in [1.29, 1.82) is 0 Å². The molecule has 0 bridgehead atoms. The Morgan fingerprint density at radius 3 is 2.21 bits per heavy atom. The summed E-state index contributed by atoms with van der Waals surface area (Å²) in [5.74, 6) is 7.69. The molecule has 43 heavy (non-hydrogen) atoms. The maximum Gasteiger partial charge on any atom is 0.0795 e. The van der Waals surface area contributed by atoms with Crippen molar-refractivity contribution in [3.63, 3.8) is 0 Å². The normalized spacial score (nSPS) is 11.7.